The normalized spacial score (nSPS) is 13.1. The van der Waals surface area contributed by atoms with Crippen LogP contribution in [0.5, 0.6) is 0 Å². The average molecular weight is 652 g/mol. The Morgan fingerprint density at radius 1 is 0.333 bits per heavy atom. The third kappa shape index (κ3) is 4.77. The highest BCUT2D eigenvalue weighted by atomic mass is 15.0. The SMILES string of the molecule is CC1(C)c2ccccc2-c2ccc(-c3ccc4cc(-c5nc(-c6cccc7ccccc67)nc(-c6cccc7ccccc67)n5)ccc4c3)cc21. The summed E-state index contributed by atoms with van der Waals surface area (Å²) < 4.78 is 0. The van der Waals surface area contributed by atoms with Crippen molar-refractivity contribution in [3.63, 3.8) is 0 Å². The summed E-state index contributed by atoms with van der Waals surface area (Å²) in [5.41, 5.74) is 10.8. The van der Waals surface area contributed by atoms with Gasteiger partial charge in [-0.2, -0.15) is 0 Å². The molecule has 3 nitrogen and oxygen atoms in total. The van der Waals surface area contributed by atoms with Crippen LogP contribution in [-0.4, -0.2) is 15.0 Å². The van der Waals surface area contributed by atoms with Gasteiger partial charge in [0.2, 0.25) is 0 Å². The van der Waals surface area contributed by atoms with Gasteiger partial charge in [0.15, 0.2) is 17.5 Å². The highest BCUT2D eigenvalue weighted by Crippen LogP contribution is 2.49. The average Bonchev–Trinajstić information content (AvgIpc) is 3.42. The standard InChI is InChI=1S/C48H33N3/c1-48(2)43-20-8-7-17-39(43)40-26-25-35(29-44(40)48)33-21-22-34-28-36(24-23-32(34)27-33)45-49-46(41-18-9-13-30-11-3-5-15-37(30)41)51-47(50-45)42-19-10-14-31-12-4-6-16-38(31)42/h3-29H,1-2H3. The molecular formula is C48H33N3. The van der Waals surface area contributed by atoms with Crippen molar-refractivity contribution in [1.82, 2.24) is 15.0 Å². The van der Waals surface area contributed by atoms with Crippen molar-refractivity contribution in [3.05, 3.63) is 175 Å². The highest BCUT2D eigenvalue weighted by Gasteiger charge is 2.35. The Bertz CT molecular complexity index is 2740. The fourth-order valence-electron chi connectivity index (χ4n) is 8.03. The molecule has 9 aromatic rings. The van der Waals surface area contributed by atoms with Gasteiger partial charge in [0.25, 0.3) is 0 Å². The molecule has 0 fully saturated rings. The minimum atomic E-state index is -0.0337. The van der Waals surface area contributed by atoms with Crippen molar-refractivity contribution < 1.29 is 0 Å². The molecule has 0 unspecified atom stereocenters. The molecule has 0 saturated carbocycles. The second-order valence-corrected chi connectivity index (χ2v) is 14.1. The predicted molar refractivity (Wildman–Crippen MR) is 212 cm³/mol. The van der Waals surface area contributed by atoms with Crippen LogP contribution in [0.2, 0.25) is 0 Å². The molecule has 3 heteroatoms. The lowest BCUT2D eigenvalue weighted by Gasteiger charge is -2.22. The van der Waals surface area contributed by atoms with E-state index in [-0.39, 0.29) is 5.41 Å². The molecule has 0 N–H and O–H groups in total. The Labute approximate surface area is 297 Å². The first-order valence-corrected chi connectivity index (χ1v) is 17.5. The summed E-state index contributed by atoms with van der Waals surface area (Å²) in [6, 6.07) is 58.5. The highest BCUT2D eigenvalue weighted by molar-refractivity contribution is 5.98. The molecule has 10 rings (SSSR count). The van der Waals surface area contributed by atoms with Gasteiger partial charge in [-0.1, -0.05) is 159 Å². The topological polar surface area (TPSA) is 38.7 Å². The van der Waals surface area contributed by atoms with Gasteiger partial charge in [0, 0.05) is 22.1 Å². The molecule has 240 valence electrons. The summed E-state index contributed by atoms with van der Waals surface area (Å²) in [6.07, 6.45) is 0. The van der Waals surface area contributed by atoms with Crippen molar-refractivity contribution >= 4 is 32.3 Å². The van der Waals surface area contributed by atoms with Crippen LogP contribution in [0.1, 0.15) is 25.0 Å². The van der Waals surface area contributed by atoms with E-state index in [2.05, 4.69) is 178 Å². The van der Waals surface area contributed by atoms with Gasteiger partial charge in [-0.05, 0) is 83.9 Å². The molecule has 0 saturated heterocycles. The monoisotopic (exact) mass is 651 g/mol. The van der Waals surface area contributed by atoms with Gasteiger partial charge < -0.3 is 0 Å². The number of rotatable bonds is 4. The zero-order valence-corrected chi connectivity index (χ0v) is 28.4. The van der Waals surface area contributed by atoms with E-state index in [4.69, 9.17) is 15.0 Å². The minimum Gasteiger partial charge on any atom is -0.208 e. The Kier molecular flexibility index (Phi) is 6.53. The van der Waals surface area contributed by atoms with E-state index in [9.17, 15) is 0 Å². The largest absolute Gasteiger partial charge is 0.208 e. The van der Waals surface area contributed by atoms with E-state index in [1.807, 2.05) is 0 Å². The van der Waals surface area contributed by atoms with Crippen LogP contribution in [0.3, 0.4) is 0 Å². The lowest BCUT2D eigenvalue weighted by molar-refractivity contribution is 0.660. The van der Waals surface area contributed by atoms with Crippen LogP contribution in [0.25, 0.3) is 88.7 Å². The maximum atomic E-state index is 5.14. The summed E-state index contributed by atoms with van der Waals surface area (Å²) in [5, 5.41) is 6.86. The van der Waals surface area contributed by atoms with Gasteiger partial charge in [-0.15, -0.1) is 0 Å². The van der Waals surface area contributed by atoms with Gasteiger partial charge in [0.1, 0.15) is 0 Å². The first-order valence-electron chi connectivity index (χ1n) is 17.5. The Hall–Kier alpha value is -6.45. The third-order valence-electron chi connectivity index (χ3n) is 10.7. The van der Waals surface area contributed by atoms with Crippen molar-refractivity contribution in [2.75, 3.05) is 0 Å². The van der Waals surface area contributed by atoms with Gasteiger partial charge in [-0.3, -0.25) is 0 Å². The van der Waals surface area contributed by atoms with Crippen molar-refractivity contribution in [3.8, 4) is 56.4 Å². The number of hydrogen-bond acceptors (Lipinski definition) is 3. The number of hydrogen-bond donors (Lipinski definition) is 0. The van der Waals surface area contributed by atoms with Crippen molar-refractivity contribution in [1.29, 1.82) is 0 Å². The zero-order valence-electron chi connectivity index (χ0n) is 28.4. The van der Waals surface area contributed by atoms with Gasteiger partial charge in [0.05, 0.1) is 0 Å². The van der Waals surface area contributed by atoms with Crippen LogP contribution in [0.4, 0.5) is 0 Å². The quantitative estimate of drug-likeness (QED) is 0.190. The van der Waals surface area contributed by atoms with Crippen LogP contribution < -0.4 is 0 Å². The maximum absolute atomic E-state index is 5.14. The molecule has 0 amide bonds. The number of nitrogens with zero attached hydrogens (tertiary/aromatic N) is 3. The molecular weight excluding hydrogens is 619 g/mol. The molecule has 1 heterocycles. The molecule has 0 spiro atoms. The lowest BCUT2D eigenvalue weighted by Crippen LogP contribution is -2.14. The van der Waals surface area contributed by atoms with E-state index >= 15 is 0 Å². The Morgan fingerprint density at radius 2 is 0.804 bits per heavy atom. The summed E-state index contributed by atoms with van der Waals surface area (Å²) >= 11 is 0. The molecule has 0 aliphatic heterocycles. The fraction of sp³-hybridized carbons (Fsp3) is 0.0625. The van der Waals surface area contributed by atoms with Crippen LogP contribution in [0.15, 0.2) is 164 Å². The van der Waals surface area contributed by atoms with Gasteiger partial charge in [-0.25, -0.2) is 15.0 Å². The van der Waals surface area contributed by atoms with E-state index < -0.39 is 0 Å². The van der Waals surface area contributed by atoms with Gasteiger partial charge >= 0.3 is 0 Å². The molecule has 0 radical (unpaired) electrons. The minimum absolute atomic E-state index is 0.0337. The van der Waals surface area contributed by atoms with Crippen molar-refractivity contribution in [2.45, 2.75) is 19.3 Å². The lowest BCUT2D eigenvalue weighted by atomic mass is 9.81. The van der Waals surface area contributed by atoms with Crippen molar-refractivity contribution in [2.24, 2.45) is 0 Å². The first-order chi connectivity index (χ1) is 25.0. The Morgan fingerprint density at radius 3 is 1.49 bits per heavy atom. The molecule has 0 atom stereocenters. The number of aromatic nitrogens is 3. The summed E-state index contributed by atoms with van der Waals surface area (Å²) in [7, 11) is 0. The second-order valence-electron chi connectivity index (χ2n) is 14.1. The van der Waals surface area contributed by atoms with E-state index in [0.717, 1.165) is 43.6 Å². The maximum Gasteiger partial charge on any atom is 0.164 e. The first kappa shape index (κ1) is 29.5. The molecule has 1 aromatic heterocycles. The molecule has 1 aliphatic rings. The number of benzene rings is 8. The zero-order chi connectivity index (χ0) is 34.1. The van der Waals surface area contributed by atoms with E-state index in [1.165, 1.54) is 38.8 Å². The molecule has 1 aliphatic carbocycles. The molecule has 0 bridgehead atoms. The summed E-state index contributed by atoms with van der Waals surface area (Å²) in [5.74, 6) is 1.98. The summed E-state index contributed by atoms with van der Waals surface area (Å²) in [6.45, 7) is 4.67. The fourth-order valence-corrected chi connectivity index (χ4v) is 8.03. The van der Waals surface area contributed by atoms with E-state index in [0.29, 0.717) is 17.5 Å². The summed E-state index contributed by atoms with van der Waals surface area (Å²) in [4.78, 5) is 15.4. The van der Waals surface area contributed by atoms with Crippen LogP contribution in [-0.2, 0) is 5.41 Å². The smallest absolute Gasteiger partial charge is 0.164 e. The Balaban J connectivity index is 1.09. The van der Waals surface area contributed by atoms with E-state index in [1.54, 1.807) is 0 Å². The second kappa shape index (κ2) is 11.3. The number of fused-ring (bicyclic) bond motifs is 6. The van der Waals surface area contributed by atoms with Crippen LogP contribution >= 0.6 is 0 Å². The third-order valence-corrected chi connectivity index (χ3v) is 10.7. The molecule has 51 heavy (non-hydrogen) atoms. The van der Waals surface area contributed by atoms with Crippen LogP contribution in [0, 0.1) is 0 Å². The molecule has 8 aromatic carbocycles. The predicted octanol–water partition coefficient (Wildman–Crippen LogP) is 12.3.